The summed E-state index contributed by atoms with van der Waals surface area (Å²) < 4.78 is 2.07. The van der Waals surface area contributed by atoms with Gasteiger partial charge >= 0.3 is 0 Å². The van der Waals surface area contributed by atoms with Gasteiger partial charge in [0.2, 0.25) is 0 Å². The van der Waals surface area contributed by atoms with Gasteiger partial charge in [0.1, 0.15) is 0 Å². The van der Waals surface area contributed by atoms with Crippen LogP contribution in [0.3, 0.4) is 0 Å². The van der Waals surface area contributed by atoms with Crippen molar-refractivity contribution in [2.75, 3.05) is 13.6 Å². The highest BCUT2D eigenvalue weighted by atomic mass is 15.2. The van der Waals surface area contributed by atoms with Gasteiger partial charge in [-0.05, 0) is 29.9 Å². The molecule has 0 aliphatic rings. The zero-order valence-electron chi connectivity index (χ0n) is 15.0. The van der Waals surface area contributed by atoms with Gasteiger partial charge in [-0.2, -0.15) is 0 Å². The van der Waals surface area contributed by atoms with E-state index in [1.807, 2.05) is 19.6 Å². The first-order valence-corrected chi connectivity index (χ1v) is 8.65. The first-order valence-electron chi connectivity index (χ1n) is 8.65. The minimum Gasteiger partial charge on any atom is -0.356 e. The van der Waals surface area contributed by atoms with Crippen LogP contribution in [0, 0.1) is 5.92 Å². The molecule has 0 spiro atoms. The second-order valence-corrected chi connectivity index (χ2v) is 6.44. The van der Waals surface area contributed by atoms with Gasteiger partial charge in [0, 0.05) is 39.1 Å². The molecule has 0 unspecified atom stereocenters. The van der Waals surface area contributed by atoms with E-state index in [1.54, 1.807) is 6.20 Å². The van der Waals surface area contributed by atoms with Crippen LogP contribution in [-0.4, -0.2) is 29.1 Å². The Morgan fingerprint density at radius 2 is 1.92 bits per heavy atom. The molecule has 0 aliphatic heterocycles. The molecule has 2 rings (SSSR count). The summed E-state index contributed by atoms with van der Waals surface area (Å²) in [7, 11) is 1.81. The molecule has 0 radical (unpaired) electrons. The van der Waals surface area contributed by atoms with Crippen molar-refractivity contribution >= 4 is 5.96 Å². The van der Waals surface area contributed by atoms with Gasteiger partial charge < -0.3 is 15.2 Å². The Bertz CT molecular complexity index is 599. The van der Waals surface area contributed by atoms with Crippen LogP contribution in [0.15, 0.2) is 48.0 Å². The van der Waals surface area contributed by atoms with Crippen molar-refractivity contribution in [1.82, 2.24) is 20.2 Å². The molecule has 1 heterocycles. The Labute approximate surface area is 145 Å². The van der Waals surface area contributed by atoms with E-state index in [0.717, 1.165) is 31.5 Å². The van der Waals surface area contributed by atoms with Crippen LogP contribution >= 0.6 is 0 Å². The van der Waals surface area contributed by atoms with E-state index >= 15 is 0 Å². The van der Waals surface area contributed by atoms with Crippen molar-refractivity contribution in [3.63, 3.8) is 0 Å². The van der Waals surface area contributed by atoms with Crippen LogP contribution in [0.1, 0.15) is 37.8 Å². The Kier molecular flexibility index (Phi) is 7.33. The number of aromatic nitrogens is 2. The average Bonchev–Trinajstić information content (AvgIpc) is 3.08. The minimum atomic E-state index is 0.752. The lowest BCUT2D eigenvalue weighted by Crippen LogP contribution is -2.37. The predicted octanol–water partition coefficient (Wildman–Crippen LogP) is 3.03. The summed E-state index contributed by atoms with van der Waals surface area (Å²) in [6, 6.07) is 8.64. The summed E-state index contributed by atoms with van der Waals surface area (Å²) in [6.45, 7) is 7.09. The van der Waals surface area contributed by atoms with Crippen LogP contribution in [0.25, 0.3) is 0 Å². The highest BCUT2D eigenvalue weighted by molar-refractivity contribution is 5.79. The Hall–Kier alpha value is -2.30. The van der Waals surface area contributed by atoms with Crippen molar-refractivity contribution in [3.8, 4) is 0 Å². The first-order chi connectivity index (χ1) is 11.7. The van der Waals surface area contributed by atoms with E-state index in [4.69, 9.17) is 0 Å². The molecular formula is C19H29N5. The number of aliphatic imine (C=N–C) groups is 1. The number of imidazole rings is 1. The highest BCUT2D eigenvalue weighted by Crippen LogP contribution is 2.06. The van der Waals surface area contributed by atoms with Gasteiger partial charge in [-0.3, -0.25) is 4.99 Å². The summed E-state index contributed by atoms with van der Waals surface area (Å²) in [5.41, 5.74) is 2.52. The van der Waals surface area contributed by atoms with E-state index in [2.05, 4.69) is 63.3 Å². The number of nitrogens with zero attached hydrogens (tertiary/aromatic N) is 3. The maximum absolute atomic E-state index is 4.27. The van der Waals surface area contributed by atoms with Gasteiger partial charge in [0.05, 0.1) is 6.33 Å². The molecule has 5 nitrogen and oxygen atoms in total. The molecule has 0 saturated carbocycles. The topological polar surface area (TPSA) is 54.2 Å². The molecule has 2 aromatic rings. The van der Waals surface area contributed by atoms with Crippen LogP contribution in [0.2, 0.25) is 0 Å². The molecule has 0 atom stereocenters. The van der Waals surface area contributed by atoms with Crippen LogP contribution in [0.4, 0.5) is 0 Å². The third kappa shape index (κ3) is 6.44. The number of hydrogen-bond acceptors (Lipinski definition) is 2. The molecule has 0 fully saturated rings. The number of benzene rings is 1. The van der Waals surface area contributed by atoms with Crippen molar-refractivity contribution in [2.45, 2.75) is 39.8 Å². The molecule has 24 heavy (non-hydrogen) atoms. The summed E-state index contributed by atoms with van der Waals surface area (Å²) in [6.07, 6.45) is 8.02. The van der Waals surface area contributed by atoms with Gasteiger partial charge in [0.15, 0.2) is 5.96 Å². The van der Waals surface area contributed by atoms with E-state index in [9.17, 15) is 0 Å². The standard InChI is InChI=1S/C19H29N5/c1-16(2)5-4-10-22-19(20-3)23-13-17-6-8-18(9-7-17)14-24-12-11-21-15-24/h6-9,11-12,15-16H,4-5,10,13-14H2,1-3H3,(H2,20,22,23). The fourth-order valence-corrected chi connectivity index (χ4v) is 2.48. The molecule has 0 saturated heterocycles. The lowest BCUT2D eigenvalue weighted by Gasteiger charge is -2.13. The van der Waals surface area contributed by atoms with Crippen LogP contribution in [-0.2, 0) is 13.1 Å². The van der Waals surface area contributed by atoms with E-state index < -0.39 is 0 Å². The third-order valence-corrected chi connectivity index (χ3v) is 3.88. The number of hydrogen-bond donors (Lipinski definition) is 2. The lowest BCUT2D eigenvalue weighted by atomic mass is 10.1. The molecule has 0 aliphatic carbocycles. The first kappa shape index (κ1) is 18.0. The maximum atomic E-state index is 4.27. The Balaban J connectivity index is 1.74. The average molecular weight is 327 g/mol. The predicted molar refractivity (Wildman–Crippen MR) is 100 cm³/mol. The normalized spacial score (nSPS) is 11.8. The van der Waals surface area contributed by atoms with Crippen molar-refractivity contribution in [2.24, 2.45) is 10.9 Å². The number of nitrogens with one attached hydrogen (secondary N) is 2. The lowest BCUT2D eigenvalue weighted by molar-refractivity contribution is 0.549. The van der Waals surface area contributed by atoms with E-state index in [0.29, 0.717) is 0 Å². The van der Waals surface area contributed by atoms with Crippen molar-refractivity contribution < 1.29 is 0 Å². The summed E-state index contributed by atoms with van der Waals surface area (Å²) in [4.78, 5) is 8.34. The number of guanidine groups is 1. The monoisotopic (exact) mass is 327 g/mol. The summed E-state index contributed by atoms with van der Waals surface area (Å²) in [5.74, 6) is 1.61. The molecule has 1 aromatic carbocycles. The fourth-order valence-electron chi connectivity index (χ4n) is 2.48. The second kappa shape index (κ2) is 9.75. The second-order valence-electron chi connectivity index (χ2n) is 6.44. The number of rotatable bonds is 8. The van der Waals surface area contributed by atoms with Crippen LogP contribution in [0.5, 0.6) is 0 Å². The third-order valence-electron chi connectivity index (χ3n) is 3.88. The molecular weight excluding hydrogens is 298 g/mol. The van der Waals surface area contributed by atoms with Gasteiger partial charge in [0.25, 0.3) is 0 Å². The van der Waals surface area contributed by atoms with E-state index in [1.165, 1.54) is 24.0 Å². The summed E-state index contributed by atoms with van der Waals surface area (Å²) in [5, 5.41) is 6.73. The zero-order chi connectivity index (χ0) is 17.2. The molecule has 2 N–H and O–H groups in total. The summed E-state index contributed by atoms with van der Waals surface area (Å²) >= 11 is 0. The molecule has 0 amide bonds. The SMILES string of the molecule is CN=C(NCCCC(C)C)NCc1ccc(Cn2ccnc2)cc1. The van der Waals surface area contributed by atoms with Gasteiger partial charge in [-0.25, -0.2) is 4.98 Å². The highest BCUT2D eigenvalue weighted by Gasteiger charge is 2.00. The van der Waals surface area contributed by atoms with E-state index in [-0.39, 0.29) is 0 Å². The molecule has 5 heteroatoms. The van der Waals surface area contributed by atoms with Crippen molar-refractivity contribution in [1.29, 1.82) is 0 Å². The van der Waals surface area contributed by atoms with Crippen molar-refractivity contribution in [3.05, 3.63) is 54.1 Å². The fraction of sp³-hybridized carbons (Fsp3) is 0.474. The molecule has 0 bridgehead atoms. The van der Waals surface area contributed by atoms with Gasteiger partial charge in [-0.1, -0.05) is 38.1 Å². The Morgan fingerprint density at radius 3 is 2.54 bits per heavy atom. The quantitative estimate of drug-likeness (QED) is 0.445. The maximum Gasteiger partial charge on any atom is 0.191 e. The largest absolute Gasteiger partial charge is 0.356 e. The minimum absolute atomic E-state index is 0.752. The smallest absolute Gasteiger partial charge is 0.191 e. The Morgan fingerprint density at radius 1 is 1.17 bits per heavy atom. The molecule has 130 valence electrons. The molecule has 1 aromatic heterocycles. The van der Waals surface area contributed by atoms with Crippen LogP contribution < -0.4 is 10.6 Å². The van der Waals surface area contributed by atoms with Gasteiger partial charge in [-0.15, -0.1) is 0 Å². The zero-order valence-corrected chi connectivity index (χ0v) is 15.0.